The lowest BCUT2D eigenvalue weighted by Gasteiger charge is -2.58. The molecular weight excluding hydrogens is 292 g/mol. The normalized spacial score (nSPS) is 35.7. The number of hydrogen-bond donors (Lipinski definition) is 0. The number of piperidine rings is 1. The van der Waals surface area contributed by atoms with E-state index >= 15 is 0 Å². The van der Waals surface area contributed by atoms with E-state index in [4.69, 9.17) is 0 Å². The summed E-state index contributed by atoms with van der Waals surface area (Å²) in [5.41, 5.74) is 7.04. The van der Waals surface area contributed by atoms with Gasteiger partial charge in [0.1, 0.15) is 0 Å². The molecule has 5 rings (SSSR count). The molecule has 2 bridgehead atoms. The number of rotatable bonds is 1. The molecule has 4 aliphatic rings. The van der Waals surface area contributed by atoms with E-state index in [-0.39, 0.29) is 0 Å². The SMILES string of the molecule is Cc1cc2c(cc1N1CCCC1)C[C@H]1[C@@H]3CCCC[C@]23CCN1C. The minimum Gasteiger partial charge on any atom is -0.371 e. The Kier molecular flexibility index (Phi) is 3.49. The lowest BCUT2D eigenvalue weighted by molar-refractivity contribution is 0.00285. The molecule has 24 heavy (non-hydrogen) atoms. The van der Waals surface area contributed by atoms with Gasteiger partial charge in [0, 0.05) is 30.2 Å². The summed E-state index contributed by atoms with van der Waals surface area (Å²) in [5.74, 6) is 0.912. The number of likely N-dealkylation sites (tertiary alicyclic amines) is 1. The number of hydrogen-bond acceptors (Lipinski definition) is 2. The van der Waals surface area contributed by atoms with E-state index in [1.165, 1.54) is 82.3 Å². The Morgan fingerprint density at radius 2 is 1.83 bits per heavy atom. The van der Waals surface area contributed by atoms with Crippen LogP contribution >= 0.6 is 0 Å². The van der Waals surface area contributed by atoms with Gasteiger partial charge in [-0.25, -0.2) is 0 Å². The summed E-state index contributed by atoms with van der Waals surface area (Å²) < 4.78 is 0. The Bertz CT molecular complexity index is 646. The third-order valence-corrected chi connectivity index (χ3v) is 7.87. The van der Waals surface area contributed by atoms with Crippen molar-refractivity contribution in [1.82, 2.24) is 4.90 Å². The molecule has 2 heterocycles. The van der Waals surface area contributed by atoms with Gasteiger partial charge in [0.2, 0.25) is 0 Å². The molecule has 0 spiro atoms. The van der Waals surface area contributed by atoms with Crippen LogP contribution in [0.5, 0.6) is 0 Å². The van der Waals surface area contributed by atoms with Gasteiger partial charge in [0.15, 0.2) is 0 Å². The predicted molar refractivity (Wildman–Crippen MR) is 101 cm³/mol. The van der Waals surface area contributed by atoms with E-state index in [9.17, 15) is 0 Å². The lowest BCUT2D eigenvalue weighted by Crippen LogP contribution is -2.59. The quantitative estimate of drug-likeness (QED) is 0.760. The molecule has 2 aliphatic carbocycles. The molecule has 3 fully saturated rings. The van der Waals surface area contributed by atoms with Gasteiger partial charge in [-0.3, -0.25) is 0 Å². The first-order valence-electron chi connectivity index (χ1n) is 10.3. The third kappa shape index (κ3) is 2.05. The van der Waals surface area contributed by atoms with Crippen molar-refractivity contribution in [3.05, 3.63) is 28.8 Å². The molecule has 2 saturated heterocycles. The molecule has 1 aromatic carbocycles. The number of benzene rings is 1. The van der Waals surface area contributed by atoms with Gasteiger partial charge in [-0.1, -0.05) is 18.9 Å². The maximum absolute atomic E-state index is 2.69. The van der Waals surface area contributed by atoms with Crippen LogP contribution in [-0.2, 0) is 11.8 Å². The summed E-state index contributed by atoms with van der Waals surface area (Å²) in [6, 6.07) is 6.03. The van der Waals surface area contributed by atoms with Gasteiger partial charge in [0.25, 0.3) is 0 Å². The van der Waals surface area contributed by atoms with Gasteiger partial charge < -0.3 is 9.80 Å². The van der Waals surface area contributed by atoms with E-state index in [2.05, 4.69) is 35.9 Å². The second-order valence-corrected chi connectivity index (χ2v) is 9.00. The highest BCUT2D eigenvalue weighted by atomic mass is 15.2. The first-order chi connectivity index (χ1) is 11.7. The summed E-state index contributed by atoms with van der Waals surface area (Å²) in [6.45, 7) is 6.18. The van der Waals surface area contributed by atoms with Crippen LogP contribution in [-0.4, -0.2) is 37.6 Å². The fourth-order valence-electron chi connectivity index (χ4n) is 6.65. The van der Waals surface area contributed by atoms with Crippen molar-refractivity contribution in [1.29, 1.82) is 0 Å². The third-order valence-electron chi connectivity index (χ3n) is 7.87. The zero-order valence-corrected chi connectivity index (χ0v) is 15.5. The zero-order chi connectivity index (χ0) is 16.3. The van der Waals surface area contributed by atoms with Gasteiger partial charge in [-0.2, -0.15) is 0 Å². The number of aryl methyl sites for hydroxylation is 1. The molecule has 0 unspecified atom stereocenters. The molecular formula is C22H32N2. The first kappa shape index (κ1) is 15.3. The summed E-state index contributed by atoms with van der Waals surface area (Å²) in [5, 5.41) is 0. The van der Waals surface area contributed by atoms with Crippen LogP contribution in [0, 0.1) is 12.8 Å². The molecule has 1 aromatic rings. The molecule has 130 valence electrons. The summed E-state index contributed by atoms with van der Waals surface area (Å²) in [4.78, 5) is 5.33. The van der Waals surface area contributed by atoms with Crippen LogP contribution in [0.3, 0.4) is 0 Å². The molecule has 0 radical (unpaired) electrons. The Hall–Kier alpha value is -1.02. The first-order valence-corrected chi connectivity index (χ1v) is 10.3. The van der Waals surface area contributed by atoms with Crippen LogP contribution in [0.4, 0.5) is 5.69 Å². The Balaban J connectivity index is 1.63. The van der Waals surface area contributed by atoms with Gasteiger partial charge in [0.05, 0.1) is 0 Å². The smallest absolute Gasteiger partial charge is 0.0398 e. The molecule has 0 N–H and O–H groups in total. The molecule has 2 nitrogen and oxygen atoms in total. The van der Waals surface area contributed by atoms with Crippen LogP contribution < -0.4 is 4.90 Å². The van der Waals surface area contributed by atoms with Crippen LogP contribution in [0.2, 0.25) is 0 Å². The fourth-order valence-corrected chi connectivity index (χ4v) is 6.65. The number of nitrogens with zero attached hydrogens (tertiary/aromatic N) is 2. The highest BCUT2D eigenvalue weighted by Gasteiger charge is 2.53. The van der Waals surface area contributed by atoms with Crippen LogP contribution in [0.25, 0.3) is 0 Å². The van der Waals surface area contributed by atoms with E-state index in [0.29, 0.717) is 5.41 Å². The topological polar surface area (TPSA) is 6.48 Å². The Labute approximate surface area is 147 Å². The summed E-state index contributed by atoms with van der Waals surface area (Å²) in [7, 11) is 2.38. The van der Waals surface area contributed by atoms with Gasteiger partial charge >= 0.3 is 0 Å². The monoisotopic (exact) mass is 324 g/mol. The predicted octanol–water partition coefficient (Wildman–Crippen LogP) is 4.28. The average molecular weight is 325 g/mol. The molecule has 2 heteroatoms. The maximum Gasteiger partial charge on any atom is 0.0398 e. The standard InChI is InChI=1S/C22H32N2/c1-16-13-19-17(14-20(16)24-10-5-6-11-24)15-21-18-7-3-4-8-22(18,19)9-12-23(21)2/h13-14,18,21H,3-12,15H2,1-2H3/t18-,21-,22+/m0/s1. The highest BCUT2D eigenvalue weighted by Crippen LogP contribution is 2.56. The van der Waals surface area contributed by atoms with Crippen molar-refractivity contribution < 1.29 is 0 Å². The molecule has 0 aromatic heterocycles. The second-order valence-electron chi connectivity index (χ2n) is 9.00. The Morgan fingerprint density at radius 3 is 2.67 bits per heavy atom. The second kappa shape index (κ2) is 5.49. The summed E-state index contributed by atoms with van der Waals surface area (Å²) >= 11 is 0. The number of anilines is 1. The number of likely N-dealkylation sites (N-methyl/N-ethyl adjacent to an activating group) is 1. The average Bonchev–Trinajstić information content (AvgIpc) is 3.12. The van der Waals surface area contributed by atoms with Crippen LogP contribution in [0.15, 0.2) is 12.1 Å². The van der Waals surface area contributed by atoms with Crippen molar-refractivity contribution in [2.75, 3.05) is 31.6 Å². The zero-order valence-electron chi connectivity index (χ0n) is 15.5. The molecule has 0 amide bonds. The Morgan fingerprint density at radius 1 is 1.00 bits per heavy atom. The van der Waals surface area contributed by atoms with Crippen molar-refractivity contribution >= 4 is 5.69 Å². The van der Waals surface area contributed by atoms with Crippen LogP contribution in [0.1, 0.15) is 61.6 Å². The van der Waals surface area contributed by atoms with Crippen molar-refractivity contribution in [2.45, 2.75) is 69.7 Å². The minimum atomic E-state index is 0.511. The maximum atomic E-state index is 2.69. The minimum absolute atomic E-state index is 0.511. The highest BCUT2D eigenvalue weighted by molar-refractivity contribution is 5.60. The largest absolute Gasteiger partial charge is 0.371 e. The van der Waals surface area contributed by atoms with E-state index in [1.54, 1.807) is 11.1 Å². The fraction of sp³-hybridized carbons (Fsp3) is 0.727. The van der Waals surface area contributed by atoms with Gasteiger partial charge in [-0.15, -0.1) is 0 Å². The van der Waals surface area contributed by atoms with Gasteiger partial charge in [-0.05, 0) is 87.7 Å². The van der Waals surface area contributed by atoms with E-state index in [1.807, 2.05) is 0 Å². The van der Waals surface area contributed by atoms with Crippen molar-refractivity contribution in [2.24, 2.45) is 5.92 Å². The molecule has 3 atom stereocenters. The number of fused-ring (bicyclic) bond motifs is 1. The molecule has 1 saturated carbocycles. The van der Waals surface area contributed by atoms with E-state index < -0.39 is 0 Å². The molecule has 2 aliphatic heterocycles. The van der Waals surface area contributed by atoms with E-state index in [0.717, 1.165) is 12.0 Å². The lowest BCUT2D eigenvalue weighted by atomic mass is 9.52. The van der Waals surface area contributed by atoms with Crippen molar-refractivity contribution in [3.8, 4) is 0 Å². The van der Waals surface area contributed by atoms with Crippen molar-refractivity contribution in [3.63, 3.8) is 0 Å². The summed E-state index contributed by atoms with van der Waals surface area (Å²) in [6.07, 6.45) is 11.2.